The molecule has 15 heavy (non-hydrogen) atoms. The highest BCUT2D eigenvalue weighted by Gasteiger charge is 2.18. The summed E-state index contributed by atoms with van der Waals surface area (Å²) >= 11 is 0. The van der Waals surface area contributed by atoms with Gasteiger partial charge in [0.2, 0.25) is 5.91 Å². The third kappa shape index (κ3) is 5.74. The van der Waals surface area contributed by atoms with Crippen LogP contribution < -0.4 is 11.1 Å². The van der Waals surface area contributed by atoms with E-state index in [1.165, 1.54) is 0 Å². The Bertz CT molecular complexity index is 205. The van der Waals surface area contributed by atoms with Gasteiger partial charge in [0.25, 0.3) is 0 Å². The average Bonchev–Trinajstić information content (AvgIpc) is 2.15. The molecule has 3 N–H and O–H groups in total. The lowest BCUT2D eigenvalue weighted by Crippen LogP contribution is -2.40. The van der Waals surface area contributed by atoms with Crippen LogP contribution in [0.3, 0.4) is 0 Å². The van der Waals surface area contributed by atoms with E-state index in [1.54, 1.807) is 0 Å². The van der Waals surface area contributed by atoms with Gasteiger partial charge >= 0.3 is 0 Å². The molecule has 4 heteroatoms. The molecular formula is C11H22N2O2. The largest absolute Gasteiger partial charge is 0.381 e. The maximum Gasteiger partial charge on any atom is 0.220 e. The van der Waals surface area contributed by atoms with Crippen LogP contribution in [0.25, 0.3) is 0 Å². The van der Waals surface area contributed by atoms with Crippen molar-refractivity contribution in [3.63, 3.8) is 0 Å². The standard InChI is InChI=1S/C11H22N2O2/c1-11(2,12)6-3-10(14)13-9-4-7-15-8-5-9/h9H,3-8,12H2,1-2H3,(H,13,14). The number of hydrogen-bond acceptors (Lipinski definition) is 3. The van der Waals surface area contributed by atoms with Crippen molar-refractivity contribution in [2.24, 2.45) is 5.73 Å². The second-order valence-electron chi connectivity index (χ2n) is 4.94. The molecule has 1 rings (SSSR count). The predicted molar refractivity (Wildman–Crippen MR) is 59.5 cm³/mol. The Labute approximate surface area is 91.5 Å². The first-order chi connectivity index (χ1) is 6.97. The van der Waals surface area contributed by atoms with Crippen LogP contribution in [0.1, 0.15) is 39.5 Å². The Morgan fingerprint density at radius 2 is 2.07 bits per heavy atom. The summed E-state index contributed by atoms with van der Waals surface area (Å²) in [6, 6.07) is 0.298. The molecule has 0 aromatic rings. The topological polar surface area (TPSA) is 64.4 Å². The van der Waals surface area contributed by atoms with Gasteiger partial charge in [-0.05, 0) is 33.1 Å². The second kappa shape index (κ2) is 5.47. The van der Waals surface area contributed by atoms with Crippen molar-refractivity contribution in [1.29, 1.82) is 0 Å². The zero-order valence-electron chi connectivity index (χ0n) is 9.71. The van der Waals surface area contributed by atoms with Crippen LogP contribution in [0, 0.1) is 0 Å². The first-order valence-corrected chi connectivity index (χ1v) is 5.63. The third-order valence-corrected chi connectivity index (χ3v) is 2.58. The van der Waals surface area contributed by atoms with E-state index in [4.69, 9.17) is 10.5 Å². The number of nitrogens with two attached hydrogens (primary N) is 1. The quantitative estimate of drug-likeness (QED) is 0.727. The summed E-state index contributed by atoms with van der Waals surface area (Å²) < 4.78 is 5.22. The van der Waals surface area contributed by atoms with E-state index in [-0.39, 0.29) is 11.4 Å². The Hall–Kier alpha value is -0.610. The van der Waals surface area contributed by atoms with E-state index in [9.17, 15) is 4.79 Å². The van der Waals surface area contributed by atoms with Crippen LogP contribution in [-0.4, -0.2) is 30.7 Å². The van der Waals surface area contributed by atoms with E-state index in [2.05, 4.69) is 5.32 Å². The number of amides is 1. The molecule has 4 nitrogen and oxygen atoms in total. The van der Waals surface area contributed by atoms with Crippen LogP contribution >= 0.6 is 0 Å². The molecule has 1 fully saturated rings. The van der Waals surface area contributed by atoms with Gasteiger partial charge in [0.15, 0.2) is 0 Å². The minimum absolute atomic E-state index is 0.112. The number of hydrogen-bond donors (Lipinski definition) is 2. The highest BCUT2D eigenvalue weighted by molar-refractivity contribution is 5.76. The van der Waals surface area contributed by atoms with Gasteiger partial charge in [-0.25, -0.2) is 0 Å². The zero-order valence-corrected chi connectivity index (χ0v) is 9.71. The SMILES string of the molecule is CC(C)(N)CCC(=O)NC1CCOCC1. The summed E-state index contributed by atoms with van der Waals surface area (Å²) in [5, 5.41) is 3.02. The van der Waals surface area contributed by atoms with Crippen LogP contribution in [0.4, 0.5) is 0 Å². The fraction of sp³-hybridized carbons (Fsp3) is 0.909. The van der Waals surface area contributed by atoms with Gasteiger partial charge in [-0.3, -0.25) is 4.79 Å². The van der Waals surface area contributed by atoms with Crippen LogP contribution in [-0.2, 0) is 9.53 Å². The lowest BCUT2D eigenvalue weighted by Gasteiger charge is -2.24. The lowest BCUT2D eigenvalue weighted by atomic mass is 9.99. The summed E-state index contributed by atoms with van der Waals surface area (Å²) in [6.07, 6.45) is 3.10. The minimum Gasteiger partial charge on any atom is -0.381 e. The maximum absolute atomic E-state index is 11.6. The van der Waals surface area contributed by atoms with E-state index < -0.39 is 0 Å². The number of ether oxygens (including phenoxy) is 1. The van der Waals surface area contributed by atoms with Crippen molar-refractivity contribution in [1.82, 2.24) is 5.32 Å². The third-order valence-electron chi connectivity index (χ3n) is 2.58. The first kappa shape index (κ1) is 12.5. The maximum atomic E-state index is 11.6. The molecule has 1 aliphatic heterocycles. The lowest BCUT2D eigenvalue weighted by molar-refractivity contribution is -0.122. The predicted octanol–water partition coefficient (Wildman–Crippen LogP) is 0.799. The molecule has 0 spiro atoms. The van der Waals surface area contributed by atoms with Gasteiger partial charge in [-0.2, -0.15) is 0 Å². The summed E-state index contributed by atoms with van der Waals surface area (Å²) in [6.45, 7) is 5.39. The number of rotatable bonds is 4. The smallest absolute Gasteiger partial charge is 0.220 e. The van der Waals surface area contributed by atoms with Gasteiger partial charge in [0.05, 0.1) is 0 Å². The molecule has 0 bridgehead atoms. The van der Waals surface area contributed by atoms with E-state index in [1.807, 2.05) is 13.8 Å². The Morgan fingerprint density at radius 3 is 2.60 bits per heavy atom. The fourth-order valence-electron chi connectivity index (χ4n) is 1.58. The van der Waals surface area contributed by atoms with Crippen molar-refractivity contribution in [3.8, 4) is 0 Å². The average molecular weight is 214 g/mol. The fourth-order valence-corrected chi connectivity index (χ4v) is 1.58. The Kier molecular flexibility index (Phi) is 4.54. The van der Waals surface area contributed by atoms with Gasteiger partial charge in [0.1, 0.15) is 0 Å². The second-order valence-corrected chi connectivity index (χ2v) is 4.94. The van der Waals surface area contributed by atoms with Gasteiger partial charge in [-0.15, -0.1) is 0 Å². The van der Waals surface area contributed by atoms with Gasteiger partial charge < -0.3 is 15.8 Å². The Morgan fingerprint density at radius 1 is 1.47 bits per heavy atom. The normalized spacial score (nSPS) is 18.9. The number of carbonyl (C=O) groups is 1. The van der Waals surface area contributed by atoms with Crippen molar-refractivity contribution in [2.75, 3.05) is 13.2 Å². The Balaban J connectivity index is 2.17. The van der Waals surface area contributed by atoms with E-state index >= 15 is 0 Å². The van der Waals surface area contributed by atoms with Crippen LogP contribution in [0.15, 0.2) is 0 Å². The number of nitrogens with one attached hydrogen (secondary N) is 1. The molecule has 0 saturated carbocycles. The molecule has 0 aliphatic carbocycles. The summed E-state index contributed by atoms with van der Waals surface area (Å²) in [7, 11) is 0. The van der Waals surface area contributed by atoms with Crippen molar-refractivity contribution in [3.05, 3.63) is 0 Å². The molecule has 0 aromatic carbocycles. The summed E-state index contributed by atoms with van der Waals surface area (Å²) in [5.74, 6) is 0.112. The molecule has 0 aromatic heterocycles. The molecule has 0 unspecified atom stereocenters. The highest BCUT2D eigenvalue weighted by Crippen LogP contribution is 2.09. The summed E-state index contributed by atoms with van der Waals surface area (Å²) in [5.41, 5.74) is 5.56. The van der Waals surface area contributed by atoms with Crippen molar-refractivity contribution >= 4 is 5.91 Å². The van der Waals surface area contributed by atoms with Gasteiger partial charge in [0, 0.05) is 31.2 Å². The van der Waals surface area contributed by atoms with Crippen LogP contribution in [0.5, 0.6) is 0 Å². The molecule has 88 valence electrons. The van der Waals surface area contributed by atoms with Crippen LogP contribution in [0.2, 0.25) is 0 Å². The molecule has 1 heterocycles. The molecule has 1 amide bonds. The molecule has 0 atom stereocenters. The van der Waals surface area contributed by atoms with Crippen molar-refractivity contribution in [2.45, 2.75) is 51.1 Å². The summed E-state index contributed by atoms with van der Waals surface area (Å²) in [4.78, 5) is 11.6. The molecule has 1 saturated heterocycles. The monoisotopic (exact) mass is 214 g/mol. The zero-order chi connectivity index (χ0) is 11.3. The van der Waals surface area contributed by atoms with E-state index in [0.29, 0.717) is 12.5 Å². The molecule has 1 aliphatic rings. The van der Waals surface area contributed by atoms with E-state index in [0.717, 1.165) is 32.5 Å². The molecule has 0 radical (unpaired) electrons. The molecular weight excluding hydrogens is 192 g/mol. The first-order valence-electron chi connectivity index (χ1n) is 5.63. The number of carbonyl (C=O) groups excluding carboxylic acids is 1. The highest BCUT2D eigenvalue weighted by atomic mass is 16.5. The van der Waals surface area contributed by atoms with Crippen molar-refractivity contribution < 1.29 is 9.53 Å². The minimum atomic E-state index is -0.257. The van der Waals surface area contributed by atoms with Gasteiger partial charge in [-0.1, -0.05) is 0 Å².